The van der Waals surface area contributed by atoms with Crippen molar-refractivity contribution in [2.75, 3.05) is 49.2 Å². The summed E-state index contributed by atoms with van der Waals surface area (Å²) in [6, 6.07) is 11.9. The highest BCUT2D eigenvalue weighted by Gasteiger charge is 2.49. The van der Waals surface area contributed by atoms with E-state index in [1.165, 1.54) is 0 Å². The van der Waals surface area contributed by atoms with Crippen molar-refractivity contribution in [1.82, 2.24) is 29.6 Å². The van der Waals surface area contributed by atoms with E-state index in [1.54, 1.807) is 16.4 Å². The third-order valence-corrected chi connectivity index (χ3v) is 11.8. The van der Waals surface area contributed by atoms with Crippen molar-refractivity contribution >= 4 is 62.6 Å². The zero-order valence-corrected chi connectivity index (χ0v) is 30.0. The van der Waals surface area contributed by atoms with Gasteiger partial charge in [-0.25, -0.2) is 0 Å². The quantitative estimate of drug-likeness (QED) is 0.280. The molecule has 2 aromatic heterocycles. The number of benzene rings is 2. The Hall–Kier alpha value is -5.15. The summed E-state index contributed by atoms with van der Waals surface area (Å²) in [4.78, 5) is 71.8. The van der Waals surface area contributed by atoms with E-state index in [1.807, 2.05) is 37.4 Å². The molecule has 9 rings (SSSR count). The van der Waals surface area contributed by atoms with E-state index in [4.69, 9.17) is 19.7 Å². The van der Waals surface area contributed by atoms with E-state index in [9.17, 15) is 24.0 Å². The molecule has 5 aliphatic heterocycles. The number of hydrogen-bond donors (Lipinski definition) is 0. The van der Waals surface area contributed by atoms with Gasteiger partial charge in [-0.05, 0) is 49.2 Å². The van der Waals surface area contributed by atoms with Gasteiger partial charge in [0, 0.05) is 101 Å². The molecule has 1 spiro atoms. The van der Waals surface area contributed by atoms with E-state index < -0.39 is 41.3 Å². The van der Waals surface area contributed by atoms with Crippen LogP contribution >= 0.6 is 0 Å². The van der Waals surface area contributed by atoms with Crippen molar-refractivity contribution in [1.29, 1.82) is 0 Å². The Morgan fingerprint density at radius 3 is 1.55 bits per heavy atom. The van der Waals surface area contributed by atoms with Crippen molar-refractivity contribution in [2.24, 2.45) is 14.1 Å². The molecule has 276 valence electrons. The second-order valence-corrected chi connectivity index (χ2v) is 14.8. The first-order valence-electron chi connectivity index (χ1n) is 18.6. The predicted molar refractivity (Wildman–Crippen MR) is 192 cm³/mol. The smallest absolute Gasteiger partial charge is 0.258 e. The molecule has 2 aromatic carbocycles. The molecule has 7 heterocycles. The maximum absolute atomic E-state index is 14.3. The standard InChI is InChI=1S/C38H42N8O7/c1-41-30-21-23(43-15-11-25(47)12-16-43)3-5-26(30)34(39-41)28-7-9-32(48)45(36(28)50)46-33(49)10-8-29(37(46)51)35-27-6-4-24(22-31(27)42(2)40-35)44-17-13-38(14-18-44)52-19-20-53-38/h3-6,21-22,28-29H,7-20H2,1-2H3. The Labute approximate surface area is 305 Å². The van der Waals surface area contributed by atoms with Gasteiger partial charge in [-0.2, -0.15) is 20.2 Å². The molecule has 2 atom stereocenters. The van der Waals surface area contributed by atoms with Gasteiger partial charge < -0.3 is 19.3 Å². The van der Waals surface area contributed by atoms with E-state index in [-0.39, 0.29) is 31.5 Å². The first-order chi connectivity index (χ1) is 25.6. The molecule has 5 fully saturated rings. The summed E-state index contributed by atoms with van der Waals surface area (Å²) >= 11 is 0. The van der Waals surface area contributed by atoms with Crippen LogP contribution in [0.1, 0.15) is 74.6 Å². The van der Waals surface area contributed by atoms with Gasteiger partial charge in [0.25, 0.3) is 11.8 Å². The van der Waals surface area contributed by atoms with Gasteiger partial charge in [0.05, 0.1) is 47.5 Å². The Morgan fingerprint density at radius 2 is 1.08 bits per heavy atom. The molecule has 53 heavy (non-hydrogen) atoms. The minimum atomic E-state index is -0.832. The third kappa shape index (κ3) is 5.59. The maximum atomic E-state index is 14.3. The van der Waals surface area contributed by atoms with E-state index in [0.717, 1.165) is 69.1 Å². The zero-order valence-electron chi connectivity index (χ0n) is 30.0. The lowest BCUT2D eigenvalue weighted by Crippen LogP contribution is -2.61. The maximum Gasteiger partial charge on any atom is 0.258 e. The highest BCUT2D eigenvalue weighted by Crippen LogP contribution is 2.40. The molecular formula is C38H42N8O7. The normalized spacial score (nSPS) is 24.2. The Morgan fingerprint density at radius 1 is 0.623 bits per heavy atom. The lowest BCUT2D eigenvalue weighted by molar-refractivity contribution is -0.186. The van der Waals surface area contributed by atoms with Crippen LogP contribution in [-0.2, 0) is 47.5 Å². The third-order valence-electron chi connectivity index (χ3n) is 11.8. The van der Waals surface area contributed by atoms with E-state index in [2.05, 4.69) is 15.9 Å². The van der Waals surface area contributed by atoms with E-state index >= 15 is 0 Å². The van der Waals surface area contributed by atoms with Gasteiger partial charge in [0.15, 0.2) is 5.79 Å². The number of Topliss-reactive ketones (excluding diaryl/α,β-unsaturated/α-hetero) is 1. The average Bonchev–Trinajstić information content (AvgIpc) is 3.85. The fourth-order valence-electron chi connectivity index (χ4n) is 8.82. The lowest BCUT2D eigenvalue weighted by Gasteiger charge is -2.40. The number of hydrogen-bond acceptors (Lipinski definition) is 11. The van der Waals surface area contributed by atoms with Crippen LogP contribution < -0.4 is 9.80 Å². The van der Waals surface area contributed by atoms with Crippen LogP contribution in [0, 0.1) is 0 Å². The lowest BCUT2D eigenvalue weighted by atomic mass is 9.90. The van der Waals surface area contributed by atoms with Gasteiger partial charge >= 0.3 is 0 Å². The number of carbonyl (C=O) groups excluding carboxylic acids is 5. The number of anilines is 2. The Balaban J connectivity index is 0.972. The Kier molecular flexibility index (Phi) is 8.11. The molecule has 2 unspecified atom stereocenters. The molecule has 0 aliphatic carbocycles. The molecule has 15 heteroatoms. The fraction of sp³-hybridized carbons (Fsp3) is 0.500. The molecule has 5 saturated heterocycles. The van der Waals surface area contributed by atoms with E-state index in [0.29, 0.717) is 50.5 Å². The van der Waals surface area contributed by atoms with Crippen molar-refractivity contribution in [3.63, 3.8) is 0 Å². The number of ketones is 1. The highest BCUT2D eigenvalue weighted by molar-refractivity contribution is 6.10. The number of aromatic nitrogens is 4. The molecule has 0 saturated carbocycles. The molecule has 15 nitrogen and oxygen atoms in total. The highest BCUT2D eigenvalue weighted by atomic mass is 16.7. The molecular weight excluding hydrogens is 680 g/mol. The summed E-state index contributed by atoms with van der Waals surface area (Å²) in [6.45, 7) is 4.11. The van der Waals surface area contributed by atoms with Crippen LogP contribution in [0.5, 0.6) is 0 Å². The SMILES string of the molecule is Cn1nc(C2CCC(=O)N(N3C(=O)CCC(c4nn(C)c5cc(N6CCC7(CC6)OCCO7)ccc45)C3=O)C2=O)c2ccc(N3CCC(=O)CC3)cc21. The number of rotatable bonds is 5. The number of ether oxygens (including phenoxy) is 2. The summed E-state index contributed by atoms with van der Waals surface area (Å²) in [5.41, 5.74) is 4.66. The van der Waals surface area contributed by atoms with Gasteiger partial charge in [-0.1, -0.05) is 0 Å². The Bertz CT molecular complexity index is 2180. The summed E-state index contributed by atoms with van der Waals surface area (Å²) in [5.74, 6) is -4.34. The van der Waals surface area contributed by atoms with Crippen molar-refractivity contribution < 1.29 is 33.4 Å². The van der Waals surface area contributed by atoms with Gasteiger partial charge in [0.1, 0.15) is 5.78 Å². The first-order valence-corrected chi connectivity index (χ1v) is 18.6. The van der Waals surface area contributed by atoms with Crippen LogP contribution in [0.4, 0.5) is 11.4 Å². The molecule has 4 amide bonds. The van der Waals surface area contributed by atoms with Crippen LogP contribution in [0.25, 0.3) is 21.8 Å². The number of fused-ring (bicyclic) bond motifs is 2. The van der Waals surface area contributed by atoms with Gasteiger partial charge in [0.2, 0.25) is 11.8 Å². The van der Waals surface area contributed by atoms with Crippen LogP contribution in [0.3, 0.4) is 0 Å². The molecule has 0 radical (unpaired) electrons. The second kappa shape index (κ2) is 12.8. The van der Waals surface area contributed by atoms with Gasteiger partial charge in [-0.15, -0.1) is 0 Å². The molecule has 4 aromatic rings. The average molecular weight is 723 g/mol. The predicted octanol–water partition coefficient (Wildman–Crippen LogP) is 3.05. The topological polar surface area (TPSA) is 152 Å². The minimum absolute atomic E-state index is 0.0225. The second-order valence-electron chi connectivity index (χ2n) is 14.8. The van der Waals surface area contributed by atoms with Crippen LogP contribution in [0.15, 0.2) is 36.4 Å². The number of imide groups is 2. The number of hydrazine groups is 1. The monoisotopic (exact) mass is 722 g/mol. The summed E-state index contributed by atoms with van der Waals surface area (Å²) in [7, 11) is 3.63. The molecule has 0 N–H and O–H groups in total. The van der Waals surface area contributed by atoms with Crippen molar-refractivity contribution in [2.45, 2.75) is 69.0 Å². The number of aryl methyl sites for hydroxylation is 2. The minimum Gasteiger partial charge on any atom is -0.371 e. The first kappa shape index (κ1) is 33.7. The van der Waals surface area contributed by atoms with Crippen LogP contribution in [0.2, 0.25) is 0 Å². The molecule has 0 bridgehead atoms. The fourth-order valence-corrected chi connectivity index (χ4v) is 8.82. The van der Waals surface area contributed by atoms with Crippen molar-refractivity contribution in [3.8, 4) is 0 Å². The van der Waals surface area contributed by atoms with Gasteiger partial charge in [-0.3, -0.25) is 33.3 Å². The van der Waals surface area contributed by atoms with Crippen molar-refractivity contribution in [3.05, 3.63) is 47.8 Å². The molecule has 5 aliphatic rings. The summed E-state index contributed by atoms with van der Waals surface area (Å²) < 4.78 is 15.3. The number of nitrogens with zero attached hydrogens (tertiary/aromatic N) is 8. The number of carbonyl (C=O) groups is 5. The summed E-state index contributed by atoms with van der Waals surface area (Å²) in [6.07, 6.45) is 2.94. The number of piperidine rings is 4. The largest absolute Gasteiger partial charge is 0.371 e. The van der Waals surface area contributed by atoms with Crippen LogP contribution in [-0.4, -0.2) is 104 Å². The number of amides is 4. The zero-order chi connectivity index (χ0) is 36.6. The summed E-state index contributed by atoms with van der Waals surface area (Å²) in [5, 5.41) is 12.6.